The summed E-state index contributed by atoms with van der Waals surface area (Å²) in [7, 11) is -1.74. The van der Waals surface area contributed by atoms with Crippen LogP contribution in [0.3, 0.4) is 0 Å². The first-order chi connectivity index (χ1) is 14.8. The summed E-state index contributed by atoms with van der Waals surface area (Å²) in [6.45, 7) is 10.9. The summed E-state index contributed by atoms with van der Waals surface area (Å²) in [6, 6.07) is 5.28. The maximum atomic E-state index is 13.0. The van der Waals surface area contributed by atoms with Gasteiger partial charge in [-0.2, -0.15) is 0 Å². The second-order valence-corrected chi connectivity index (χ2v) is 12.2. The Bertz CT molecular complexity index is 992. The van der Waals surface area contributed by atoms with Gasteiger partial charge in [-0.05, 0) is 65.7 Å². The molecule has 0 saturated carbocycles. The van der Waals surface area contributed by atoms with Crippen LogP contribution in [0.25, 0.3) is 6.08 Å². The van der Waals surface area contributed by atoms with E-state index in [2.05, 4.69) is 0 Å². The normalized spacial score (nSPS) is 26.7. The molecule has 2 saturated heterocycles. The number of carbonyl (C=O) groups is 1. The van der Waals surface area contributed by atoms with E-state index in [0.29, 0.717) is 6.42 Å². The second-order valence-electron chi connectivity index (χ2n) is 10.1. The quantitative estimate of drug-likeness (QED) is 0.667. The number of allylic oxidation sites excluding steroid dienone is 1. The molecule has 3 rings (SSSR count). The Morgan fingerprint density at radius 3 is 2.56 bits per heavy atom. The van der Waals surface area contributed by atoms with Crippen LogP contribution in [-0.4, -0.2) is 61.5 Å². The molecule has 8 heteroatoms. The second kappa shape index (κ2) is 8.71. The van der Waals surface area contributed by atoms with Gasteiger partial charge in [-0.15, -0.1) is 0 Å². The molecule has 3 atom stereocenters. The number of hydrogen-bond acceptors (Lipinski definition) is 6. The number of methoxy groups -OCH3 is 1. The number of nitrogens with zero attached hydrogens (tertiary/aromatic N) is 1. The number of hydrogen-bond donors (Lipinski definition) is 0. The average Bonchev–Trinajstić information content (AvgIpc) is 2.90. The molecule has 2 heterocycles. The predicted molar refractivity (Wildman–Crippen MR) is 124 cm³/mol. The molecule has 2 aliphatic rings. The van der Waals surface area contributed by atoms with Crippen LogP contribution in [-0.2, 0) is 25.7 Å². The van der Waals surface area contributed by atoms with Crippen LogP contribution in [0.15, 0.2) is 24.3 Å². The number of amides is 1. The smallest absolute Gasteiger partial charge is 0.412 e. The first-order valence-electron chi connectivity index (χ1n) is 11.0. The van der Waals surface area contributed by atoms with Gasteiger partial charge in [-0.25, -0.2) is 13.2 Å². The minimum atomic E-state index is -3.37. The van der Waals surface area contributed by atoms with Gasteiger partial charge in [0.05, 0.1) is 30.8 Å². The van der Waals surface area contributed by atoms with Gasteiger partial charge in [0.2, 0.25) is 0 Å². The van der Waals surface area contributed by atoms with Gasteiger partial charge < -0.3 is 14.2 Å². The maximum Gasteiger partial charge on any atom is 0.412 e. The van der Waals surface area contributed by atoms with E-state index in [4.69, 9.17) is 14.2 Å². The fourth-order valence-electron chi connectivity index (χ4n) is 4.71. The fourth-order valence-corrected chi connectivity index (χ4v) is 6.66. The van der Waals surface area contributed by atoms with E-state index in [-0.39, 0.29) is 17.4 Å². The zero-order valence-corrected chi connectivity index (χ0v) is 20.9. The van der Waals surface area contributed by atoms with Crippen LogP contribution in [0.1, 0.15) is 52.7 Å². The van der Waals surface area contributed by atoms with Crippen molar-refractivity contribution in [3.8, 4) is 5.75 Å². The molecule has 32 heavy (non-hydrogen) atoms. The number of sulfone groups is 1. The zero-order valence-electron chi connectivity index (χ0n) is 20.0. The van der Waals surface area contributed by atoms with Gasteiger partial charge in [0.1, 0.15) is 17.1 Å². The van der Waals surface area contributed by atoms with E-state index < -0.39 is 39.4 Å². The molecular weight excluding hydrogens is 430 g/mol. The van der Waals surface area contributed by atoms with Crippen molar-refractivity contribution in [1.82, 2.24) is 4.90 Å². The van der Waals surface area contributed by atoms with E-state index in [1.54, 1.807) is 41.7 Å². The monoisotopic (exact) mass is 465 g/mol. The van der Waals surface area contributed by atoms with E-state index in [0.717, 1.165) is 16.9 Å². The number of benzene rings is 1. The van der Waals surface area contributed by atoms with Crippen molar-refractivity contribution in [2.45, 2.75) is 71.4 Å². The number of carbonyl (C=O) groups excluding carboxylic acids is 1. The third kappa shape index (κ3) is 5.29. The third-order valence-corrected chi connectivity index (χ3v) is 7.59. The predicted octanol–water partition coefficient (Wildman–Crippen LogP) is 4.06. The van der Waals surface area contributed by atoms with Crippen molar-refractivity contribution in [2.24, 2.45) is 5.92 Å². The van der Waals surface area contributed by atoms with Crippen LogP contribution in [0.4, 0.5) is 4.79 Å². The third-order valence-electron chi connectivity index (χ3n) is 5.80. The van der Waals surface area contributed by atoms with Crippen LogP contribution in [0.2, 0.25) is 0 Å². The van der Waals surface area contributed by atoms with Crippen LogP contribution >= 0.6 is 0 Å². The standard InChI is InChI=1S/C24H35NO6S/c1-8-9-17-12-16(10-11-20(17)29-7)13-18-14-32(27,28)15-19-21(18)30-24(5,6)25(19)22(26)31-23(2,3)4/h8-12,18-19,21H,13-15H2,1-7H3/b9-8-/t18-,19+,21+/m1/s1. The van der Waals surface area contributed by atoms with Gasteiger partial charge in [0, 0.05) is 11.5 Å². The van der Waals surface area contributed by atoms with Crippen molar-refractivity contribution < 1.29 is 27.4 Å². The lowest BCUT2D eigenvalue weighted by atomic mass is 9.90. The molecule has 0 aliphatic carbocycles. The molecule has 0 radical (unpaired) electrons. The van der Waals surface area contributed by atoms with Gasteiger partial charge in [0.25, 0.3) is 0 Å². The highest BCUT2D eigenvalue weighted by Crippen LogP contribution is 2.41. The maximum absolute atomic E-state index is 13.0. The minimum Gasteiger partial charge on any atom is -0.496 e. The molecule has 2 aliphatic heterocycles. The SMILES string of the molecule is C/C=C\c1cc(C[C@@H]2CS(=O)(=O)C[C@H]3[C@H]2OC(C)(C)N3C(=O)OC(C)(C)C)ccc1OC. The molecule has 0 N–H and O–H groups in total. The highest BCUT2D eigenvalue weighted by Gasteiger charge is 2.57. The summed E-state index contributed by atoms with van der Waals surface area (Å²) in [6.07, 6.45) is 3.47. The first kappa shape index (κ1) is 24.6. The number of fused-ring (bicyclic) bond motifs is 1. The van der Waals surface area contributed by atoms with E-state index >= 15 is 0 Å². The van der Waals surface area contributed by atoms with Gasteiger partial charge >= 0.3 is 6.09 Å². The Morgan fingerprint density at radius 2 is 1.97 bits per heavy atom. The van der Waals surface area contributed by atoms with Crippen molar-refractivity contribution in [2.75, 3.05) is 18.6 Å². The first-order valence-corrected chi connectivity index (χ1v) is 12.8. The molecule has 1 amide bonds. The molecule has 2 fully saturated rings. The highest BCUT2D eigenvalue weighted by molar-refractivity contribution is 7.91. The summed E-state index contributed by atoms with van der Waals surface area (Å²) in [4.78, 5) is 14.5. The molecule has 0 bridgehead atoms. The van der Waals surface area contributed by atoms with Crippen molar-refractivity contribution in [1.29, 1.82) is 0 Å². The molecule has 1 aromatic carbocycles. The summed E-state index contributed by atoms with van der Waals surface area (Å²) < 4.78 is 43.1. The summed E-state index contributed by atoms with van der Waals surface area (Å²) >= 11 is 0. The Kier molecular flexibility index (Phi) is 6.69. The molecule has 0 unspecified atom stereocenters. The summed E-state index contributed by atoms with van der Waals surface area (Å²) in [5, 5.41) is 0. The summed E-state index contributed by atoms with van der Waals surface area (Å²) in [5.74, 6) is 0.383. The lowest BCUT2D eigenvalue weighted by Crippen LogP contribution is -2.55. The Labute approximate surface area is 191 Å². The molecular formula is C24H35NO6S. The average molecular weight is 466 g/mol. The number of rotatable bonds is 4. The topological polar surface area (TPSA) is 82.1 Å². The van der Waals surface area contributed by atoms with Crippen LogP contribution < -0.4 is 4.74 Å². The number of ether oxygens (including phenoxy) is 3. The van der Waals surface area contributed by atoms with Crippen molar-refractivity contribution >= 4 is 22.0 Å². The van der Waals surface area contributed by atoms with Crippen LogP contribution in [0, 0.1) is 5.92 Å². The molecule has 178 valence electrons. The highest BCUT2D eigenvalue weighted by atomic mass is 32.2. The summed E-state index contributed by atoms with van der Waals surface area (Å²) in [5.41, 5.74) is 0.277. The lowest BCUT2D eigenvalue weighted by molar-refractivity contribution is -0.0872. The van der Waals surface area contributed by atoms with Crippen molar-refractivity contribution in [3.63, 3.8) is 0 Å². The largest absolute Gasteiger partial charge is 0.496 e. The molecule has 0 aromatic heterocycles. The van der Waals surface area contributed by atoms with E-state index in [1.165, 1.54) is 4.90 Å². The Balaban J connectivity index is 1.92. The molecule has 1 aromatic rings. The van der Waals surface area contributed by atoms with Gasteiger partial charge in [-0.1, -0.05) is 18.2 Å². The molecule has 0 spiro atoms. The van der Waals surface area contributed by atoms with Crippen LogP contribution in [0.5, 0.6) is 5.75 Å². The van der Waals surface area contributed by atoms with Gasteiger partial charge in [0.15, 0.2) is 9.84 Å². The Hall–Kier alpha value is -2.06. The minimum absolute atomic E-state index is 0.0252. The molecule has 7 nitrogen and oxygen atoms in total. The van der Waals surface area contributed by atoms with Crippen molar-refractivity contribution in [3.05, 3.63) is 35.4 Å². The zero-order chi connectivity index (χ0) is 23.9. The van der Waals surface area contributed by atoms with Gasteiger partial charge in [-0.3, -0.25) is 4.90 Å². The lowest BCUT2D eigenvalue weighted by Gasteiger charge is -2.37. The Morgan fingerprint density at radius 1 is 1.28 bits per heavy atom. The van der Waals surface area contributed by atoms with E-state index in [9.17, 15) is 13.2 Å². The van der Waals surface area contributed by atoms with E-state index in [1.807, 2.05) is 37.3 Å². The fraction of sp³-hybridized carbons (Fsp3) is 0.625.